The average molecular weight is 415 g/mol. The van der Waals surface area contributed by atoms with Gasteiger partial charge in [-0.2, -0.15) is 0 Å². The lowest BCUT2D eigenvalue weighted by Gasteiger charge is -2.46. The van der Waals surface area contributed by atoms with Crippen molar-refractivity contribution in [3.05, 3.63) is 29.8 Å². The van der Waals surface area contributed by atoms with Crippen molar-refractivity contribution in [1.82, 2.24) is 0 Å². The fraction of sp³-hybridized carbons (Fsp3) is 0.731. The lowest BCUT2D eigenvalue weighted by atomic mass is 9.67. The monoisotopic (exact) mass is 414 g/mol. The Hall–Kier alpha value is -1.55. The molecule has 1 heterocycles. The van der Waals surface area contributed by atoms with E-state index < -0.39 is 6.10 Å². The molecule has 4 nitrogen and oxygen atoms in total. The van der Waals surface area contributed by atoms with Crippen LogP contribution in [-0.2, 0) is 14.3 Å². The van der Waals surface area contributed by atoms with Gasteiger partial charge in [0, 0.05) is 12.5 Å². The van der Waals surface area contributed by atoms with Gasteiger partial charge in [-0.15, -0.1) is 0 Å². The number of carbonyl (C=O) groups excluding carboxylic acids is 1. The van der Waals surface area contributed by atoms with Crippen molar-refractivity contribution in [3.8, 4) is 5.75 Å². The molecule has 4 rings (SSSR count). The van der Waals surface area contributed by atoms with Crippen LogP contribution in [0.1, 0.15) is 89.0 Å². The Morgan fingerprint density at radius 1 is 0.900 bits per heavy atom. The van der Waals surface area contributed by atoms with Crippen molar-refractivity contribution in [2.24, 2.45) is 11.8 Å². The van der Waals surface area contributed by atoms with E-state index in [0.717, 1.165) is 17.7 Å². The zero-order valence-electron chi connectivity index (χ0n) is 18.7. The summed E-state index contributed by atoms with van der Waals surface area (Å²) in [6.45, 7) is 2.86. The third-order valence-electron chi connectivity index (χ3n) is 8.02. The van der Waals surface area contributed by atoms with Crippen molar-refractivity contribution in [2.75, 3.05) is 13.7 Å². The van der Waals surface area contributed by atoms with Crippen LogP contribution in [0.4, 0.5) is 0 Å². The van der Waals surface area contributed by atoms with E-state index in [0.29, 0.717) is 18.4 Å². The maximum atomic E-state index is 13.5. The molecule has 166 valence electrons. The van der Waals surface area contributed by atoms with Gasteiger partial charge in [-0.05, 0) is 68.6 Å². The first kappa shape index (κ1) is 21.7. The highest BCUT2D eigenvalue weighted by atomic mass is 16.6. The molecule has 1 saturated heterocycles. The first-order valence-corrected chi connectivity index (χ1v) is 12.1. The molecule has 1 aromatic rings. The van der Waals surface area contributed by atoms with Gasteiger partial charge in [-0.3, -0.25) is 0 Å². The molecule has 2 atom stereocenters. The van der Waals surface area contributed by atoms with Gasteiger partial charge >= 0.3 is 5.97 Å². The standard InChI is InChI=1S/C26H38O4/c1-26(20-9-5-3-6-10-20,21-11-7-4-8-12-21)30-25(27)24-23(17-18-29-24)19-13-15-22(28-2)16-14-19/h13-16,20-21,23-24H,3-12,17-18H2,1-2H3/t23-,24+/m1/s1. The number of hydrogen-bond acceptors (Lipinski definition) is 4. The van der Waals surface area contributed by atoms with Crippen molar-refractivity contribution >= 4 is 5.97 Å². The molecular formula is C26H38O4. The molecule has 0 bridgehead atoms. The molecular weight excluding hydrogens is 376 g/mol. The Kier molecular flexibility index (Phi) is 7.02. The van der Waals surface area contributed by atoms with Crippen LogP contribution in [-0.4, -0.2) is 31.4 Å². The van der Waals surface area contributed by atoms with Crippen LogP contribution in [0.2, 0.25) is 0 Å². The van der Waals surface area contributed by atoms with E-state index >= 15 is 0 Å². The molecule has 0 radical (unpaired) electrons. The van der Waals surface area contributed by atoms with Gasteiger partial charge in [0.25, 0.3) is 0 Å². The van der Waals surface area contributed by atoms with Gasteiger partial charge in [-0.1, -0.05) is 50.7 Å². The van der Waals surface area contributed by atoms with Crippen molar-refractivity contribution in [3.63, 3.8) is 0 Å². The van der Waals surface area contributed by atoms with Crippen LogP contribution in [0.3, 0.4) is 0 Å². The summed E-state index contributed by atoms with van der Waals surface area (Å²) in [5.41, 5.74) is 0.779. The summed E-state index contributed by atoms with van der Waals surface area (Å²) in [5.74, 6) is 1.72. The lowest BCUT2D eigenvalue weighted by Crippen LogP contribution is -2.49. The highest BCUT2D eigenvalue weighted by Gasteiger charge is 2.47. The van der Waals surface area contributed by atoms with Crippen molar-refractivity contribution in [1.29, 1.82) is 0 Å². The van der Waals surface area contributed by atoms with Gasteiger partial charge in [0.05, 0.1) is 7.11 Å². The number of benzene rings is 1. The van der Waals surface area contributed by atoms with Crippen molar-refractivity contribution < 1.29 is 19.0 Å². The Bertz CT molecular complexity index is 667. The second kappa shape index (κ2) is 9.72. The van der Waals surface area contributed by atoms with Gasteiger partial charge in [0.15, 0.2) is 6.10 Å². The minimum atomic E-state index is -0.495. The fourth-order valence-electron chi connectivity index (χ4n) is 6.14. The largest absolute Gasteiger partial charge is 0.497 e. The zero-order valence-corrected chi connectivity index (χ0v) is 18.7. The van der Waals surface area contributed by atoms with E-state index in [1.54, 1.807) is 7.11 Å². The Morgan fingerprint density at radius 3 is 2.00 bits per heavy atom. The van der Waals surface area contributed by atoms with Gasteiger partial charge in [-0.25, -0.2) is 4.79 Å². The molecule has 1 aliphatic heterocycles. The lowest BCUT2D eigenvalue weighted by molar-refractivity contribution is -0.187. The molecule has 30 heavy (non-hydrogen) atoms. The molecule has 4 heteroatoms. The maximum Gasteiger partial charge on any atom is 0.336 e. The minimum Gasteiger partial charge on any atom is -0.497 e. The van der Waals surface area contributed by atoms with E-state index in [-0.39, 0.29) is 17.5 Å². The van der Waals surface area contributed by atoms with E-state index in [4.69, 9.17) is 14.2 Å². The van der Waals surface area contributed by atoms with Crippen LogP contribution in [0.25, 0.3) is 0 Å². The van der Waals surface area contributed by atoms with E-state index in [1.165, 1.54) is 64.2 Å². The quantitative estimate of drug-likeness (QED) is 0.533. The number of carbonyl (C=O) groups is 1. The fourth-order valence-corrected chi connectivity index (χ4v) is 6.14. The van der Waals surface area contributed by atoms with Crippen LogP contribution in [0.15, 0.2) is 24.3 Å². The van der Waals surface area contributed by atoms with Gasteiger partial charge in [0.2, 0.25) is 0 Å². The minimum absolute atomic E-state index is 0.0605. The molecule has 3 aliphatic rings. The van der Waals surface area contributed by atoms with Crippen LogP contribution < -0.4 is 4.74 Å². The SMILES string of the molecule is COc1ccc([C@H]2CCO[C@@H]2C(=O)OC(C)(C2CCCCC2)C2CCCCC2)cc1. The maximum absolute atomic E-state index is 13.5. The molecule has 0 N–H and O–H groups in total. The topological polar surface area (TPSA) is 44.8 Å². The second-order valence-electron chi connectivity index (χ2n) is 9.73. The van der Waals surface area contributed by atoms with Crippen LogP contribution in [0, 0.1) is 11.8 Å². The Balaban J connectivity index is 1.51. The van der Waals surface area contributed by atoms with Gasteiger partial charge < -0.3 is 14.2 Å². The summed E-state index contributed by atoms with van der Waals surface area (Å²) < 4.78 is 17.7. The Morgan fingerprint density at radius 2 is 1.47 bits per heavy atom. The first-order chi connectivity index (χ1) is 14.6. The summed E-state index contributed by atoms with van der Waals surface area (Å²) >= 11 is 0. The zero-order chi connectivity index (χ0) is 21.0. The number of rotatable bonds is 6. The number of ether oxygens (including phenoxy) is 3. The summed E-state index contributed by atoms with van der Waals surface area (Å²) in [7, 11) is 1.67. The normalized spacial score (nSPS) is 26.5. The van der Waals surface area contributed by atoms with Crippen molar-refractivity contribution in [2.45, 2.75) is 95.2 Å². The summed E-state index contributed by atoms with van der Waals surface area (Å²) in [6.07, 6.45) is 12.8. The molecule has 3 fully saturated rings. The highest BCUT2D eigenvalue weighted by Crippen LogP contribution is 2.46. The summed E-state index contributed by atoms with van der Waals surface area (Å²) in [6, 6.07) is 8.04. The Labute approximate surface area is 181 Å². The van der Waals surface area contributed by atoms with E-state index in [1.807, 2.05) is 12.1 Å². The van der Waals surface area contributed by atoms with E-state index in [2.05, 4.69) is 19.1 Å². The molecule has 2 saturated carbocycles. The van der Waals surface area contributed by atoms with Crippen LogP contribution in [0.5, 0.6) is 5.75 Å². The first-order valence-electron chi connectivity index (χ1n) is 12.1. The third-order valence-corrected chi connectivity index (χ3v) is 8.02. The second-order valence-corrected chi connectivity index (χ2v) is 9.73. The molecule has 1 aromatic carbocycles. The van der Waals surface area contributed by atoms with Crippen LogP contribution >= 0.6 is 0 Å². The predicted molar refractivity (Wildman–Crippen MR) is 118 cm³/mol. The molecule has 0 unspecified atom stereocenters. The van der Waals surface area contributed by atoms with E-state index in [9.17, 15) is 4.79 Å². The predicted octanol–water partition coefficient (Wildman–Crippen LogP) is 6.03. The summed E-state index contributed by atoms with van der Waals surface area (Å²) in [4.78, 5) is 13.5. The molecule has 0 amide bonds. The molecule has 0 aromatic heterocycles. The molecule has 0 spiro atoms. The third kappa shape index (κ3) is 4.54. The number of esters is 1. The number of methoxy groups -OCH3 is 1. The average Bonchev–Trinajstić information content (AvgIpc) is 3.30. The summed E-state index contributed by atoms with van der Waals surface area (Å²) in [5, 5.41) is 0. The highest BCUT2D eigenvalue weighted by molar-refractivity contribution is 5.77. The number of hydrogen-bond donors (Lipinski definition) is 0. The van der Waals surface area contributed by atoms with Gasteiger partial charge in [0.1, 0.15) is 11.4 Å². The smallest absolute Gasteiger partial charge is 0.336 e. The molecule has 2 aliphatic carbocycles.